The van der Waals surface area contributed by atoms with Crippen LogP contribution in [0.3, 0.4) is 0 Å². The minimum absolute atomic E-state index is 0. The van der Waals surface area contributed by atoms with E-state index in [1.54, 1.807) is 0 Å². The summed E-state index contributed by atoms with van der Waals surface area (Å²) in [7, 11) is 0. The lowest BCUT2D eigenvalue weighted by atomic mass is 10.1. The van der Waals surface area contributed by atoms with Gasteiger partial charge in [0.25, 0.3) is 0 Å². The molecule has 0 atom stereocenters. The molecule has 1 aromatic heterocycles. The predicted octanol–water partition coefficient (Wildman–Crippen LogP) is 2.64. The molecule has 1 aliphatic carbocycles. The molecule has 1 aliphatic heterocycles. The number of guanidine groups is 1. The molecule has 7 nitrogen and oxygen atoms in total. The van der Waals surface area contributed by atoms with Gasteiger partial charge in [0.15, 0.2) is 11.8 Å². The summed E-state index contributed by atoms with van der Waals surface area (Å²) in [5.41, 5.74) is 0. The van der Waals surface area contributed by atoms with Gasteiger partial charge in [0.05, 0.1) is 12.7 Å². The summed E-state index contributed by atoms with van der Waals surface area (Å²) in [5, 5.41) is 15.1. The normalized spacial score (nSPS) is 18.1. The van der Waals surface area contributed by atoms with Gasteiger partial charge in [0, 0.05) is 26.1 Å². The first-order chi connectivity index (χ1) is 12.4. The molecule has 2 aliphatic rings. The first-order valence-electron chi connectivity index (χ1n) is 9.91. The van der Waals surface area contributed by atoms with E-state index in [0.717, 1.165) is 50.3 Å². The third-order valence-electron chi connectivity index (χ3n) is 4.96. The number of aliphatic imine (C=N–C) groups is 1. The van der Waals surface area contributed by atoms with Crippen LogP contribution < -0.4 is 10.6 Å². The molecule has 148 valence electrons. The third kappa shape index (κ3) is 6.37. The van der Waals surface area contributed by atoms with Gasteiger partial charge in [-0.1, -0.05) is 25.7 Å². The Hall–Kier alpha value is -0.900. The van der Waals surface area contributed by atoms with Gasteiger partial charge in [-0.2, -0.15) is 0 Å². The SMILES string of the molecule is CCNC(=NCc1nnc2n1CCC2)NCCOC1CCCCCC1.I. The Bertz CT molecular complexity index is 554. The monoisotopic (exact) mass is 476 g/mol. The number of hydrogen-bond donors (Lipinski definition) is 2. The number of halogens is 1. The molecule has 26 heavy (non-hydrogen) atoms. The fraction of sp³-hybridized carbons (Fsp3) is 0.833. The van der Waals surface area contributed by atoms with Crippen molar-refractivity contribution in [3.8, 4) is 0 Å². The molecule has 1 aromatic rings. The van der Waals surface area contributed by atoms with Crippen molar-refractivity contribution in [1.29, 1.82) is 0 Å². The lowest BCUT2D eigenvalue weighted by Gasteiger charge is -2.16. The van der Waals surface area contributed by atoms with Crippen LogP contribution in [0.2, 0.25) is 0 Å². The first kappa shape index (κ1) is 21.4. The molecule has 0 bridgehead atoms. The number of nitrogens with one attached hydrogen (secondary N) is 2. The first-order valence-corrected chi connectivity index (χ1v) is 9.91. The van der Waals surface area contributed by atoms with Gasteiger partial charge >= 0.3 is 0 Å². The molecule has 0 aromatic carbocycles. The van der Waals surface area contributed by atoms with Crippen LogP contribution >= 0.6 is 24.0 Å². The minimum atomic E-state index is 0. The summed E-state index contributed by atoms with van der Waals surface area (Å²) in [5.74, 6) is 2.88. The zero-order chi connectivity index (χ0) is 17.3. The predicted molar refractivity (Wildman–Crippen MR) is 114 cm³/mol. The maximum atomic E-state index is 6.03. The van der Waals surface area contributed by atoms with E-state index < -0.39 is 0 Å². The Morgan fingerprint density at radius 3 is 2.73 bits per heavy atom. The topological polar surface area (TPSA) is 76.4 Å². The second-order valence-electron chi connectivity index (χ2n) is 6.89. The summed E-state index contributed by atoms with van der Waals surface area (Å²) in [6.07, 6.45) is 10.4. The summed E-state index contributed by atoms with van der Waals surface area (Å²) >= 11 is 0. The van der Waals surface area contributed by atoms with Crippen LogP contribution in [-0.2, 0) is 24.2 Å². The third-order valence-corrected chi connectivity index (χ3v) is 4.96. The zero-order valence-corrected chi connectivity index (χ0v) is 18.2. The van der Waals surface area contributed by atoms with E-state index in [9.17, 15) is 0 Å². The molecule has 2 heterocycles. The van der Waals surface area contributed by atoms with Gasteiger partial charge in [-0.25, -0.2) is 4.99 Å². The van der Waals surface area contributed by atoms with Crippen molar-refractivity contribution in [1.82, 2.24) is 25.4 Å². The summed E-state index contributed by atoms with van der Waals surface area (Å²) in [6.45, 7) is 6.01. The van der Waals surface area contributed by atoms with Crippen LogP contribution in [0.1, 0.15) is 63.5 Å². The summed E-state index contributed by atoms with van der Waals surface area (Å²) in [6, 6.07) is 0. The Labute approximate surface area is 173 Å². The van der Waals surface area contributed by atoms with Crippen LogP contribution in [0.15, 0.2) is 4.99 Å². The number of hydrogen-bond acceptors (Lipinski definition) is 4. The molecule has 0 unspecified atom stereocenters. The van der Waals surface area contributed by atoms with Crippen molar-refractivity contribution >= 4 is 29.9 Å². The average Bonchev–Trinajstić information content (AvgIpc) is 3.13. The van der Waals surface area contributed by atoms with Crippen molar-refractivity contribution < 1.29 is 4.74 Å². The molecule has 0 saturated heterocycles. The number of nitrogens with zero attached hydrogens (tertiary/aromatic N) is 4. The molecule has 1 saturated carbocycles. The van der Waals surface area contributed by atoms with Gasteiger partial charge in [-0.15, -0.1) is 34.2 Å². The van der Waals surface area contributed by atoms with Gasteiger partial charge in [0.1, 0.15) is 12.4 Å². The number of aromatic nitrogens is 3. The highest BCUT2D eigenvalue weighted by atomic mass is 127. The molecular weight excluding hydrogens is 443 g/mol. The van der Waals surface area contributed by atoms with Gasteiger partial charge in [-0.3, -0.25) is 0 Å². The lowest BCUT2D eigenvalue weighted by molar-refractivity contribution is 0.0468. The fourth-order valence-corrected chi connectivity index (χ4v) is 3.62. The average molecular weight is 476 g/mol. The number of aryl methyl sites for hydroxylation is 1. The Kier molecular flexibility index (Phi) is 9.66. The molecular formula is C18H33IN6O. The number of rotatable bonds is 7. The van der Waals surface area contributed by atoms with Crippen LogP contribution in [-0.4, -0.2) is 46.5 Å². The highest BCUT2D eigenvalue weighted by Gasteiger charge is 2.17. The largest absolute Gasteiger partial charge is 0.376 e. The van der Waals surface area contributed by atoms with Crippen molar-refractivity contribution in [3.05, 3.63) is 11.6 Å². The second-order valence-corrected chi connectivity index (χ2v) is 6.89. The smallest absolute Gasteiger partial charge is 0.191 e. The highest BCUT2D eigenvalue weighted by molar-refractivity contribution is 14.0. The quantitative estimate of drug-likeness (QED) is 0.208. The molecule has 8 heteroatoms. The Morgan fingerprint density at radius 2 is 1.96 bits per heavy atom. The molecule has 0 radical (unpaired) electrons. The van der Waals surface area contributed by atoms with Gasteiger partial charge in [0.2, 0.25) is 0 Å². The molecule has 1 fully saturated rings. The fourth-order valence-electron chi connectivity index (χ4n) is 3.62. The zero-order valence-electron chi connectivity index (χ0n) is 15.9. The van der Waals surface area contributed by atoms with Crippen molar-refractivity contribution in [2.45, 2.75) is 77.5 Å². The highest BCUT2D eigenvalue weighted by Crippen LogP contribution is 2.19. The van der Waals surface area contributed by atoms with Crippen LogP contribution in [0.4, 0.5) is 0 Å². The second kappa shape index (κ2) is 11.7. The number of ether oxygens (including phenoxy) is 1. The minimum Gasteiger partial charge on any atom is -0.376 e. The van der Waals surface area contributed by atoms with Crippen molar-refractivity contribution in [2.75, 3.05) is 19.7 Å². The van der Waals surface area contributed by atoms with E-state index in [-0.39, 0.29) is 24.0 Å². The van der Waals surface area contributed by atoms with Crippen LogP contribution in [0, 0.1) is 0 Å². The maximum Gasteiger partial charge on any atom is 0.191 e. The van der Waals surface area contributed by atoms with Crippen molar-refractivity contribution in [3.63, 3.8) is 0 Å². The van der Waals surface area contributed by atoms with Crippen LogP contribution in [0.5, 0.6) is 0 Å². The van der Waals surface area contributed by atoms with Gasteiger partial charge < -0.3 is 19.9 Å². The van der Waals surface area contributed by atoms with E-state index in [1.165, 1.54) is 44.9 Å². The van der Waals surface area contributed by atoms with Crippen LogP contribution in [0.25, 0.3) is 0 Å². The molecule has 3 rings (SSSR count). The maximum absolute atomic E-state index is 6.03. The lowest BCUT2D eigenvalue weighted by Crippen LogP contribution is -2.39. The van der Waals surface area contributed by atoms with E-state index in [4.69, 9.17) is 4.74 Å². The molecule has 2 N–H and O–H groups in total. The van der Waals surface area contributed by atoms with E-state index in [1.807, 2.05) is 0 Å². The standard InChI is InChI=1S/C18H32N6O.HI/c1-2-19-18(20-11-13-25-15-8-5-3-4-6-9-15)21-14-17-23-22-16-10-7-12-24(16)17;/h15H,2-14H2,1H3,(H2,19,20,21);1H. The van der Waals surface area contributed by atoms with Gasteiger partial charge in [-0.05, 0) is 26.2 Å². The van der Waals surface area contributed by atoms with E-state index in [2.05, 4.69) is 37.3 Å². The molecule has 0 spiro atoms. The van der Waals surface area contributed by atoms with E-state index >= 15 is 0 Å². The Balaban J connectivity index is 0.00000243. The number of fused-ring (bicyclic) bond motifs is 1. The van der Waals surface area contributed by atoms with Crippen molar-refractivity contribution in [2.24, 2.45) is 4.99 Å². The molecule has 0 amide bonds. The summed E-state index contributed by atoms with van der Waals surface area (Å²) in [4.78, 5) is 4.65. The van der Waals surface area contributed by atoms with E-state index in [0.29, 0.717) is 12.6 Å². The summed E-state index contributed by atoms with van der Waals surface area (Å²) < 4.78 is 8.23. The Morgan fingerprint density at radius 1 is 1.15 bits per heavy atom.